The van der Waals surface area contributed by atoms with Gasteiger partial charge in [-0.15, -0.1) is 0 Å². The Morgan fingerprint density at radius 3 is 2.90 bits per heavy atom. The summed E-state index contributed by atoms with van der Waals surface area (Å²) in [5, 5.41) is 3.37. The summed E-state index contributed by atoms with van der Waals surface area (Å²) in [7, 11) is 4.42. The predicted molar refractivity (Wildman–Crippen MR) is 82.7 cm³/mol. The maximum atomic E-state index is 5.87. The molecule has 114 valence electrons. The molecule has 20 heavy (non-hydrogen) atoms. The Labute approximate surface area is 123 Å². The minimum atomic E-state index is 0.709. The fraction of sp³-hybridized carbons (Fsp3) is 0.750. The lowest BCUT2D eigenvalue weighted by Crippen LogP contribution is -2.36. The zero-order chi connectivity index (χ0) is 14.4. The summed E-state index contributed by atoms with van der Waals surface area (Å²) in [5.41, 5.74) is 0. The van der Waals surface area contributed by atoms with E-state index >= 15 is 0 Å². The van der Waals surface area contributed by atoms with Crippen molar-refractivity contribution in [2.24, 2.45) is 0 Å². The Balaban J connectivity index is 1.74. The first-order chi connectivity index (χ1) is 9.69. The molecule has 1 aliphatic rings. The largest absolute Gasteiger partial charge is 0.463 e. The first kappa shape index (κ1) is 15.5. The zero-order valence-electron chi connectivity index (χ0n) is 13.2. The van der Waals surface area contributed by atoms with Crippen molar-refractivity contribution in [1.82, 2.24) is 15.1 Å². The molecule has 0 aliphatic carbocycles. The van der Waals surface area contributed by atoms with Gasteiger partial charge in [-0.3, -0.25) is 4.90 Å². The quantitative estimate of drug-likeness (QED) is 0.740. The summed E-state index contributed by atoms with van der Waals surface area (Å²) >= 11 is 0. The third kappa shape index (κ3) is 4.62. The van der Waals surface area contributed by atoms with Crippen LogP contribution < -0.4 is 5.32 Å². The third-order valence-corrected chi connectivity index (χ3v) is 4.06. The average Bonchev–Trinajstić information content (AvgIpc) is 3.00. The van der Waals surface area contributed by atoms with E-state index in [1.165, 1.54) is 19.4 Å². The highest BCUT2D eigenvalue weighted by atomic mass is 16.3. The van der Waals surface area contributed by atoms with E-state index < -0.39 is 0 Å². The number of hydrogen-bond donors (Lipinski definition) is 1. The third-order valence-electron chi connectivity index (χ3n) is 4.06. The van der Waals surface area contributed by atoms with E-state index in [9.17, 15) is 0 Å². The van der Waals surface area contributed by atoms with Crippen molar-refractivity contribution in [3.05, 3.63) is 23.7 Å². The van der Waals surface area contributed by atoms with Crippen LogP contribution in [0.4, 0.5) is 0 Å². The fourth-order valence-electron chi connectivity index (χ4n) is 2.89. The van der Waals surface area contributed by atoms with Gasteiger partial charge in [0.2, 0.25) is 0 Å². The van der Waals surface area contributed by atoms with E-state index in [-0.39, 0.29) is 0 Å². The fourth-order valence-corrected chi connectivity index (χ4v) is 2.89. The number of hydrogen-bond acceptors (Lipinski definition) is 4. The molecule has 1 N–H and O–H groups in total. The van der Waals surface area contributed by atoms with Crippen molar-refractivity contribution in [1.29, 1.82) is 0 Å². The van der Waals surface area contributed by atoms with E-state index in [1.54, 1.807) is 0 Å². The van der Waals surface area contributed by atoms with Crippen LogP contribution in [0.3, 0.4) is 0 Å². The van der Waals surface area contributed by atoms with Gasteiger partial charge in [-0.2, -0.15) is 0 Å². The summed E-state index contributed by atoms with van der Waals surface area (Å²) < 4.78 is 5.87. The molecule has 2 heterocycles. The highest BCUT2D eigenvalue weighted by Crippen LogP contribution is 2.17. The molecule has 2 rings (SSSR count). The molecule has 0 amide bonds. The first-order valence-electron chi connectivity index (χ1n) is 7.86. The molecule has 0 aromatic carbocycles. The highest BCUT2D eigenvalue weighted by Gasteiger charge is 2.22. The van der Waals surface area contributed by atoms with Gasteiger partial charge in [0, 0.05) is 12.6 Å². The highest BCUT2D eigenvalue weighted by molar-refractivity contribution is 5.07. The number of furan rings is 1. The first-order valence-corrected chi connectivity index (χ1v) is 7.86. The van der Waals surface area contributed by atoms with Gasteiger partial charge in [-0.25, -0.2) is 0 Å². The van der Waals surface area contributed by atoms with Crippen molar-refractivity contribution >= 4 is 0 Å². The van der Waals surface area contributed by atoms with Gasteiger partial charge in [0.05, 0.1) is 13.1 Å². The van der Waals surface area contributed by atoms with E-state index in [1.807, 2.05) is 0 Å². The Kier molecular flexibility index (Phi) is 6.07. The van der Waals surface area contributed by atoms with E-state index in [0.717, 1.165) is 44.1 Å². The summed E-state index contributed by atoms with van der Waals surface area (Å²) in [6.45, 7) is 7.33. The van der Waals surface area contributed by atoms with Crippen LogP contribution in [0.25, 0.3) is 0 Å². The van der Waals surface area contributed by atoms with E-state index in [4.69, 9.17) is 4.42 Å². The van der Waals surface area contributed by atoms with E-state index in [0.29, 0.717) is 6.04 Å². The predicted octanol–water partition coefficient (Wildman–Crippen LogP) is 2.31. The molecule has 0 saturated carbocycles. The van der Waals surface area contributed by atoms with Gasteiger partial charge in [0.1, 0.15) is 11.5 Å². The molecule has 0 bridgehead atoms. The molecule has 4 heteroatoms. The van der Waals surface area contributed by atoms with Gasteiger partial charge in [-0.05, 0) is 58.6 Å². The standard InChI is InChI=1S/C16H29N3O/c1-4-9-17-11-15-7-8-16(20-15)13-18(2)12-14-6-5-10-19(14)3/h7-8,14,17H,4-6,9-13H2,1-3H3. The monoisotopic (exact) mass is 279 g/mol. The molecule has 0 spiro atoms. The number of nitrogens with one attached hydrogen (secondary N) is 1. The van der Waals surface area contributed by atoms with Crippen molar-refractivity contribution in [2.45, 2.75) is 45.3 Å². The van der Waals surface area contributed by atoms with Crippen molar-refractivity contribution in [2.75, 3.05) is 33.7 Å². The molecule has 1 aliphatic heterocycles. The normalized spacial score (nSPS) is 20.1. The molecule has 1 atom stereocenters. The molecule has 4 nitrogen and oxygen atoms in total. The maximum Gasteiger partial charge on any atom is 0.118 e. The number of likely N-dealkylation sites (tertiary alicyclic amines) is 1. The number of rotatable bonds is 8. The molecule has 1 aromatic rings. The lowest BCUT2D eigenvalue weighted by atomic mass is 10.2. The van der Waals surface area contributed by atoms with Crippen LogP contribution in [0.5, 0.6) is 0 Å². The van der Waals surface area contributed by atoms with Crippen LogP contribution in [0.15, 0.2) is 16.5 Å². The van der Waals surface area contributed by atoms with Gasteiger partial charge in [-0.1, -0.05) is 6.92 Å². The summed E-state index contributed by atoms with van der Waals surface area (Å²) in [4.78, 5) is 4.84. The topological polar surface area (TPSA) is 31.6 Å². The van der Waals surface area contributed by atoms with Crippen LogP contribution in [-0.4, -0.2) is 49.6 Å². The zero-order valence-corrected chi connectivity index (χ0v) is 13.2. The van der Waals surface area contributed by atoms with Gasteiger partial charge in [0.15, 0.2) is 0 Å². The van der Waals surface area contributed by atoms with Crippen molar-refractivity contribution < 1.29 is 4.42 Å². The van der Waals surface area contributed by atoms with Crippen molar-refractivity contribution in [3.8, 4) is 0 Å². The molecule has 1 saturated heterocycles. The van der Waals surface area contributed by atoms with Gasteiger partial charge < -0.3 is 14.6 Å². The van der Waals surface area contributed by atoms with E-state index in [2.05, 4.69) is 48.3 Å². The van der Waals surface area contributed by atoms with Crippen LogP contribution >= 0.6 is 0 Å². The summed E-state index contributed by atoms with van der Waals surface area (Å²) in [5.74, 6) is 2.11. The molecule has 0 radical (unpaired) electrons. The smallest absolute Gasteiger partial charge is 0.118 e. The van der Waals surface area contributed by atoms with Crippen LogP contribution in [0, 0.1) is 0 Å². The Bertz CT molecular complexity index is 391. The summed E-state index contributed by atoms with van der Waals surface area (Å²) in [6.07, 6.45) is 3.82. The maximum absolute atomic E-state index is 5.87. The lowest BCUT2D eigenvalue weighted by Gasteiger charge is -2.25. The molecular formula is C16H29N3O. The van der Waals surface area contributed by atoms with Crippen LogP contribution in [-0.2, 0) is 13.1 Å². The second-order valence-electron chi connectivity index (χ2n) is 6.02. The SMILES string of the molecule is CCCNCc1ccc(CN(C)CC2CCCN2C)o1. The second-order valence-corrected chi connectivity index (χ2v) is 6.02. The molecule has 1 fully saturated rings. The lowest BCUT2D eigenvalue weighted by molar-refractivity contribution is 0.205. The minimum absolute atomic E-state index is 0.709. The van der Waals surface area contributed by atoms with Crippen molar-refractivity contribution in [3.63, 3.8) is 0 Å². The molecule has 1 unspecified atom stereocenters. The average molecular weight is 279 g/mol. The van der Waals surface area contributed by atoms with Gasteiger partial charge >= 0.3 is 0 Å². The Morgan fingerprint density at radius 1 is 1.40 bits per heavy atom. The number of nitrogens with zero attached hydrogens (tertiary/aromatic N) is 2. The number of likely N-dealkylation sites (N-methyl/N-ethyl adjacent to an activating group) is 2. The molecule has 1 aromatic heterocycles. The second kappa shape index (κ2) is 7.81. The van der Waals surface area contributed by atoms with Crippen LogP contribution in [0.1, 0.15) is 37.7 Å². The summed E-state index contributed by atoms with van der Waals surface area (Å²) in [6, 6.07) is 4.91. The molecular weight excluding hydrogens is 250 g/mol. The Morgan fingerprint density at radius 2 is 2.20 bits per heavy atom. The van der Waals surface area contributed by atoms with Crippen LogP contribution in [0.2, 0.25) is 0 Å². The minimum Gasteiger partial charge on any atom is -0.463 e. The Hall–Kier alpha value is -0.840. The van der Waals surface area contributed by atoms with Gasteiger partial charge in [0.25, 0.3) is 0 Å².